The summed E-state index contributed by atoms with van der Waals surface area (Å²) in [5, 5.41) is 0. The number of allylic oxidation sites excluding steroid dienone is 1. The van der Waals surface area contributed by atoms with Gasteiger partial charge in [0.1, 0.15) is 0 Å². The van der Waals surface area contributed by atoms with Crippen molar-refractivity contribution in [2.24, 2.45) is 0 Å². The van der Waals surface area contributed by atoms with Crippen LogP contribution in [0.15, 0.2) is 11.8 Å². The van der Waals surface area contributed by atoms with Crippen LogP contribution in [0.1, 0.15) is 6.42 Å². The molecule has 0 aromatic carbocycles. The molecule has 0 bridgehead atoms. The van der Waals surface area contributed by atoms with Crippen molar-refractivity contribution in [3.8, 4) is 0 Å². The highest BCUT2D eigenvalue weighted by molar-refractivity contribution is 6.64. The van der Waals surface area contributed by atoms with Gasteiger partial charge in [-0.15, -0.1) is 0 Å². The molecule has 0 fully saturated rings. The maximum Gasteiger partial charge on any atom is 0.154 e. The monoisotopic (exact) mass is 126 g/mol. The number of ketones is 1. The average Bonchev–Trinajstić information content (AvgIpc) is 1.77. The van der Waals surface area contributed by atoms with Crippen molar-refractivity contribution in [2.75, 3.05) is 0 Å². The van der Waals surface area contributed by atoms with E-state index in [2.05, 4.69) is 12.2 Å². The molecule has 1 heterocycles. The highest BCUT2D eigenvalue weighted by Gasteiger charge is 2.07. The Labute approximate surface area is 51.0 Å². The van der Waals surface area contributed by atoms with Gasteiger partial charge in [-0.1, -0.05) is 12.2 Å². The largest absolute Gasteiger partial charge is 0.295 e. The van der Waals surface area contributed by atoms with Crippen LogP contribution in [0.4, 0.5) is 0 Å². The first-order valence-corrected chi connectivity index (χ1v) is 5.64. The van der Waals surface area contributed by atoms with Crippen molar-refractivity contribution >= 4 is 14.6 Å². The fourth-order valence-corrected chi connectivity index (χ4v) is 2.30. The molecular formula is C6H10OSi. The minimum atomic E-state index is -0.534. The second kappa shape index (κ2) is 2.26. The predicted octanol–water partition coefficient (Wildman–Crippen LogP) is 0.911. The highest BCUT2D eigenvalue weighted by Crippen LogP contribution is 2.06. The number of hydrogen-bond donors (Lipinski definition) is 0. The van der Waals surface area contributed by atoms with Gasteiger partial charge in [-0.05, 0) is 12.1 Å². The van der Waals surface area contributed by atoms with E-state index in [9.17, 15) is 4.79 Å². The van der Waals surface area contributed by atoms with Crippen molar-refractivity contribution in [3.63, 3.8) is 0 Å². The minimum Gasteiger partial charge on any atom is -0.295 e. The number of rotatable bonds is 0. The lowest BCUT2D eigenvalue weighted by Gasteiger charge is -2.06. The van der Waals surface area contributed by atoms with Gasteiger partial charge in [-0.3, -0.25) is 4.79 Å². The quantitative estimate of drug-likeness (QED) is 0.441. The molecule has 0 N–H and O–H groups in total. The fraction of sp³-hybridized carbons (Fsp3) is 0.500. The number of hydrogen-bond acceptors (Lipinski definition) is 1. The van der Waals surface area contributed by atoms with Crippen LogP contribution in [0.3, 0.4) is 0 Å². The summed E-state index contributed by atoms with van der Waals surface area (Å²) in [7, 11) is -0.534. The standard InChI is InChI=1S/C6H10OSi/c1-8-4-2-6(7)3-5-8/h2,4,8H,3,5H2,1H3/t8-/m0/s1. The first-order chi connectivity index (χ1) is 3.79. The zero-order valence-electron chi connectivity index (χ0n) is 5.05. The zero-order valence-corrected chi connectivity index (χ0v) is 6.21. The molecule has 1 aliphatic rings. The van der Waals surface area contributed by atoms with E-state index in [1.807, 2.05) is 0 Å². The zero-order chi connectivity index (χ0) is 5.98. The number of carbonyl (C=O) groups is 1. The van der Waals surface area contributed by atoms with Crippen LogP contribution in [0.25, 0.3) is 0 Å². The Morgan fingerprint density at radius 2 is 2.50 bits per heavy atom. The third kappa shape index (κ3) is 1.30. The molecule has 0 aromatic heterocycles. The molecule has 0 saturated heterocycles. The second-order valence-electron chi connectivity index (χ2n) is 2.34. The van der Waals surface area contributed by atoms with E-state index in [4.69, 9.17) is 0 Å². The van der Waals surface area contributed by atoms with Crippen molar-refractivity contribution in [2.45, 2.75) is 19.0 Å². The Morgan fingerprint density at radius 3 is 2.88 bits per heavy atom. The summed E-state index contributed by atoms with van der Waals surface area (Å²) in [6.45, 7) is 2.27. The third-order valence-corrected chi connectivity index (χ3v) is 3.51. The topological polar surface area (TPSA) is 17.1 Å². The molecule has 0 spiro atoms. The van der Waals surface area contributed by atoms with Gasteiger partial charge in [0, 0.05) is 6.42 Å². The lowest BCUT2D eigenvalue weighted by atomic mass is 10.3. The Kier molecular flexibility index (Phi) is 1.63. The van der Waals surface area contributed by atoms with Crippen LogP contribution in [-0.2, 0) is 4.79 Å². The van der Waals surface area contributed by atoms with E-state index >= 15 is 0 Å². The van der Waals surface area contributed by atoms with Crippen molar-refractivity contribution < 1.29 is 4.79 Å². The van der Waals surface area contributed by atoms with Gasteiger partial charge < -0.3 is 0 Å². The van der Waals surface area contributed by atoms with E-state index in [-0.39, 0.29) is 0 Å². The van der Waals surface area contributed by atoms with E-state index in [1.165, 1.54) is 6.04 Å². The molecule has 44 valence electrons. The van der Waals surface area contributed by atoms with Gasteiger partial charge in [0.25, 0.3) is 0 Å². The summed E-state index contributed by atoms with van der Waals surface area (Å²) < 4.78 is 0. The lowest BCUT2D eigenvalue weighted by Crippen LogP contribution is -2.11. The van der Waals surface area contributed by atoms with Gasteiger partial charge in [-0.25, -0.2) is 0 Å². The molecule has 0 unspecified atom stereocenters. The van der Waals surface area contributed by atoms with Crippen LogP contribution in [0.5, 0.6) is 0 Å². The summed E-state index contributed by atoms with van der Waals surface area (Å²) >= 11 is 0. The van der Waals surface area contributed by atoms with Crippen LogP contribution >= 0.6 is 0 Å². The Bertz CT molecular complexity index is 128. The van der Waals surface area contributed by atoms with Gasteiger partial charge in [-0.2, -0.15) is 0 Å². The molecule has 1 rings (SSSR count). The molecule has 0 aliphatic carbocycles. The van der Waals surface area contributed by atoms with Gasteiger partial charge >= 0.3 is 0 Å². The fourth-order valence-electron chi connectivity index (χ4n) is 0.821. The summed E-state index contributed by atoms with van der Waals surface area (Å²) in [4.78, 5) is 10.5. The normalized spacial score (nSPS) is 28.6. The summed E-state index contributed by atoms with van der Waals surface area (Å²) in [6.07, 6.45) is 2.56. The van der Waals surface area contributed by atoms with E-state index in [0.717, 1.165) is 6.42 Å². The van der Waals surface area contributed by atoms with E-state index < -0.39 is 8.80 Å². The highest BCUT2D eigenvalue weighted by atomic mass is 28.3. The molecule has 2 heteroatoms. The maximum atomic E-state index is 10.5. The number of carbonyl (C=O) groups excluding carboxylic acids is 1. The van der Waals surface area contributed by atoms with Crippen LogP contribution in [0.2, 0.25) is 12.6 Å². The maximum absolute atomic E-state index is 10.5. The minimum absolute atomic E-state index is 0.315. The van der Waals surface area contributed by atoms with E-state index in [0.29, 0.717) is 5.78 Å². The molecule has 1 nitrogen and oxygen atoms in total. The molecule has 0 amide bonds. The lowest BCUT2D eigenvalue weighted by molar-refractivity contribution is -0.114. The summed E-state index contributed by atoms with van der Waals surface area (Å²) in [5.41, 5.74) is 2.12. The molecule has 8 heavy (non-hydrogen) atoms. The molecule has 0 aromatic rings. The summed E-state index contributed by atoms with van der Waals surface area (Å²) in [6, 6.07) is 1.18. The molecule has 1 atom stereocenters. The smallest absolute Gasteiger partial charge is 0.154 e. The van der Waals surface area contributed by atoms with Crippen LogP contribution < -0.4 is 0 Å². The SMILES string of the molecule is C[Si@H]1C=CC(=O)CC1. The van der Waals surface area contributed by atoms with Crippen molar-refractivity contribution in [1.29, 1.82) is 0 Å². The average molecular weight is 126 g/mol. The molecular weight excluding hydrogens is 116 g/mol. The first kappa shape index (κ1) is 5.76. The van der Waals surface area contributed by atoms with Gasteiger partial charge in [0.15, 0.2) is 5.78 Å². The molecule has 0 saturated carbocycles. The third-order valence-electron chi connectivity index (χ3n) is 1.46. The van der Waals surface area contributed by atoms with Gasteiger partial charge in [0.05, 0.1) is 8.80 Å². The van der Waals surface area contributed by atoms with Crippen LogP contribution in [0, 0.1) is 0 Å². The van der Waals surface area contributed by atoms with Gasteiger partial charge in [0.2, 0.25) is 0 Å². The molecule has 1 aliphatic heterocycles. The van der Waals surface area contributed by atoms with E-state index in [1.54, 1.807) is 6.08 Å². The second-order valence-corrected chi connectivity index (χ2v) is 5.26. The molecule has 0 radical (unpaired) electrons. The Hall–Kier alpha value is -0.373. The van der Waals surface area contributed by atoms with Crippen LogP contribution in [-0.4, -0.2) is 14.6 Å². The Balaban J connectivity index is 2.55. The van der Waals surface area contributed by atoms with Crippen molar-refractivity contribution in [1.82, 2.24) is 0 Å². The van der Waals surface area contributed by atoms with Crippen molar-refractivity contribution in [3.05, 3.63) is 11.8 Å². The first-order valence-electron chi connectivity index (χ1n) is 3.00. The Morgan fingerprint density at radius 1 is 1.75 bits per heavy atom. The summed E-state index contributed by atoms with van der Waals surface area (Å²) in [5.74, 6) is 0.315. The predicted molar refractivity (Wildman–Crippen MR) is 36.6 cm³/mol.